The smallest absolute Gasteiger partial charge is 0.242 e. The van der Waals surface area contributed by atoms with E-state index in [1.165, 1.54) is 12.7 Å². The van der Waals surface area contributed by atoms with E-state index < -0.39 is 0 Å². The number of carbonyl (C=O) groups excluding carboxylic acids is 1. The van der Waals surface area contributed by atoms with Crippen molar-refractivity contribution < 1.29 is 4.79 Å². The van der Waals surface area contributed by atoms with Crippen LogP contribution in [0.15, 0.2) is 12.7 Å². The molecule has 0 radical (unpaired) electrons. The largest absolute Gasteiger partial charge is 0.348 e. The van der Waals surface area contributed by atoms with Gasteiger partial charge in [-0.05, 0) is 38.8 Å². The summed E-state index contributed by atoms with van der Waals surface area (Å²) in [5, 5.41) is 3.20. The monoisotopic (exact) mass is 403 g/mol. The Hall–Kier alpha value is -1.64. The van der Waals surface area contributed by atoms with Crippen LogP contribution in [0.1, 0.15) is 19.3 Å². The normalized spacial score (nSPS) is 14.6. The number of imidazole rings is 1. The van der Waals surface area contributed by atoms with Crippen LogP contribution in [-0.2, 0) is 4.79 Å². The van der Waals surface area contributed by atoms with E-state index in [4.69, 9.17) is 0 Å². The summed E-state index contributed by atoms with van der Waals surface area (Å²) in [6, 6.07) is 0. The Balaban J connectivity index is 0.00000169. The van der Waals surface area contributed by atoms with Gasteiger partial charge in [0, 0.05) is 20.1 Å². The Kier molecular flexibility index (Phi) is 9.04. The lowest BCUT2D eigenvalue weighted by atomic mass is 9.93. The highest BCUT2D eigenvalue weighted by Crippen LogP contribution is 2.21. The van der Waals surface area contributed by atoms with Crippen molar-refractivity contribution >= 4 is 47.7 Å². The van der Waals surface area contributed by atoms with E-state index in [9.17, 15) is 4.79 Å². The van der Waals surface area contributed by atoms with Gasteiger partial charge in [-0.3, -0.25) is 4.79 Å². The Morgan fingerprint density at radius 3 is 2.73 bits per heavy atom. The van der Waals surface area contributed by atoms with Crippen LogP contribution in [0, 0.1) is 5.92 Å². The molecule has 1 saturated heterocycles. The molecule has 3 heterocycles. The van der Waals surface area contributed by atoms with Crippen LogP contribution >= 0.6 is 24.8 Å². The molecule has 10 heteroatoms. The van der Waals surface area contributed by atoms with E-state index in [2.05, 4.69) is 25.3 Å². The van der Waals surface area contributed by atoms with Gasteiger partial charge >= 0.3 is 0 Å². The number of likely N-dealkylation sites (tertiary alicyclic amines) is 1. The molecule has 26 heavy (non-hydrogen) atoms. The van der Waals surface area contributed by atoms with Gasteiger partial charge in [0.15, 0.2) is 11.5 Å². The number of aromatic nitrogens is 4. The molecule has 8 nitrogen and oxygen atoms in total. The number of hydrogen-bond acceptors (Lipinski definition) is 6. The molecule has 0 aliphatic carbocycles. The van der Waals surface area contributed by atoms with E-state index in [1.54, 1.807) is 6.33 Å². The minimum absolute atomic E-state index is 0. The molecule has 2 N–H and O–H groups in total. The summed E-state index contributed by atoms with van der Waals surface area (Å²) in [4.78, 5) is 32.0. The lowest BCUT2D eigenvalue weighted by Crippen LogP contribution is -2.43. The number of carbonyl (C=O) groups is 1. The van der Waals surface area contributed by atoms with E-state index in [0.29, 0.717) is 18.0 Å². The third-order valence-corrected chi connectivity index (χ3v) is 4.71. The zero-order valence-electron chi connectivity index (χ0n) is 15.1. The van der Waals surface area contributed by atoms with E-state index >= 15 is 0 Å². The van der Waals surface area contributed by atoms with Gasteiger partial charge in [0.1, 0.15) is 11.8 Å². The maximum atomic E-state index is 12.6. The first-order valence-electron chi connectivity index (χ1n) is 8.46. The maximum absolute atomic E-state index is 12.6. The standard InChI is InChI=1S/C16H25N7O.2ClH/c1-17-6-3-12-4-7-23(8-5-12)13(24)9-22(2)16-14-15(19-10-18-14)20-11-21-16;;/h10-12,17H,3-9H2,1-2H3,(H,18,19,20,21);2*1H. The fourth-order valence-corrected chi connectivity index (χ4v) is 3.24. The quantitative estimate of drug-likeness (QED) is 0.758. The predicted molar refractivity (Wildman–Crippen MR) is 107 cm³/mol. The lowest BCUT2D eigenvalue weighted by Gasteiger charge is -2.33. The fourth-order valence-electron chi connectivity index (χ4n) is 3.24. The van der Waals surface area contributed by atoms with Crippen molar-refractivity contribution in [2.75, 3.05) is 45.2 Å². The molecular formula is C16H27Cl2N7O. The average molecular weight is 404 g/mol. The number of amides is 1. The Bertz CT molecular complexity index is 688. The summed E-state index contributed by atoms with van der Waals surface area (Å²) in [7, 11) is 3.86. The van der Waals surface area contributed by atoms with E-state index in [0.717, 1.165) is 43.9 Å². The summed E-state index contributed by atoms with van der Waals surface area (Å²) in [5.41, 5.74) is 1.38. The summed E-state index contributed by atoms with van der Waals surface area (Å²) in [6.07, 6.45) is 6.45. The molecule has 1 fully saturated rings. The number of rotatable bonds is 6. The number of aromatic amines is 1. The highest BCUT2D eigenvalue weighted by atomic mass is 35.5. The fraction of sp³-hybridized carbons (Fsp3) is 0.625. The Morgan fingerprint density at radius 2 is 2.04 bits per heavy atom. The van der Waals surface area contributed by atoms with Crippen molar-refractivity contribution in [2.24, 2.45) is 5.92 Å². The number of likely N-dealkylation sites (N-methyl/N-ethyl adjacent to an activating group) is 1. The first-order valence-corrected chi connectivity index (χ1v) is 8.46. The molecule has 2 aromatic heterocycles. The number of piperidine rings is 1. The maximum Gasteiger partial charge on any atom is 0.242 e. The van der Waals surface area contributed by atoms with Crippen LogP contribution in [0.2, 0.25) is 0 Å². The van der Waals surface area contributed by atoms with Gasteiger partial charge in [-0.25, -0.2) is 15.0 Å². The van der Waals surface area contributed by atoms with Gasteiger partial charge in [-0.1, -0.05) is 0 Å². The van der Waals surface area contributed by atoms with Crippen LogP contribution in [0.3, 0.4) is 0 Å². The van der Waals surface area contributed by atoms with Crippen molar-refractivity contribution in [2.45, 2.75) is 19.3 Å². The molecule has 0 atom stereocenters. The van der Waals surface area contributed by atoms with Gasteiger partial charge in [0.25, 0.3) is 0 Å². The number of nitrogens with zero attached hydrogens (tertiary/aromatic N) is 5. The molecule has 2 aromatic rings. The second-order valence-electron chi connectivity index (χ2n) is 6.37. The first-order chi connectivity index (χ1) is 11.7. The molecule has 146 valence electrons. The van der Waals surface area contributed by atoms with Gasteiger partial charge in [-0.15, -0.1) is 24.8 Å². The molecule has 0 bridgehead atoms. The minimum atomic E-state index is 0. The highest BCUT2D eigenvalue weighted by molar-refractivity contribution is 5.87. The number of H-pyrrole nitrogens is 1. The topological polar surface area (TPSA) is 90.0 Å². The Morgan fingerprint density at radius 1 is 1.31 bits per heavy atom. The zero-order chi connectivity index (χ0) is 16.9. The number of nitrogens with one attached hydrogen (secondary N) is 2. The second kappa shape index (κ2) is 10.5. The SMILES string of the molecule is CNCCC1CCN(C(=O)CN(C)c2ncnc3nc[nH]c23)CC1.Cl.Cl. The van der Waals surface area contributed by atoms with Crippen LogP contribution in [-0.4, -0.2) is 71.0 Å². The molecule has 3 rings (SSSR count). The molecule has 1 aliphatic heterocycles. The minimum Gasteiger partial charge on any atom is -0.348 e. The molecule has 0 spiro atoms. The summed E-state index contributed by atoms with van der Waals surface area (Å²) >= 11 is 0. The molecule has 1 amide bonds. The second-order valence-corrected chi connectivity index (χ2v) is 6.37. The van der Waals surface area contributed by atoms with Gasteiger partial charge in [-0.2, -0.15) is 0 Å². The van der Waals surface area contributed by atoms with Crippen LogP contribution in [0.5, 0.6) is 0 Å². The highest BCUT2D eigenvalue weighted by Gasteiger charge is 2.24. The van der Waals surface area contributed by atoms with Crippen molar-refractivity contribution in [3.8, 4) is 0 Å². The van der Waals surface area contributed by atoms with Gasteiger partial charge in [0.2, 0.25) is 5.91 Å². The number of anilines is 1. The van der Waals surface area contributed by atoms with Crippen molar-refractivity contribution in [3.63, 3.8) is 0 Å². The summed E-state index contributed by atoms with van der Waals surface area (Å²) in [6.45, 7) is 3.07. The number of hydrogen-bond donors (Lipinski definition) is 2. The zero-order valence-corrected chi connectivity index (χ0v) is 16.8. The van der Waals surface area contributed by atoms with Crippen molar-refractivity contribution in [1.82, 2.24) is 30.2 Å². The van der Waals surface area contributed by atoms with Crippen LogP contribution in [0.4, 0.5) is 5.82 Å². The predicted octanol–water partition coefficient (Wildman–Crippen LogP) is 1.48. The van der Waals surface area contributed by atoms with Gasteiger partial charge < -0.3 is 20.1 Å². The lowest BCUT2D eigenvalue weighted by molar-refractivity contribution is -0.131. The van der Waals surface area contributed by atoms with E-state index in [1.807, 2.05) is 23.9 Å². The third-order valence-electron chi connectivity index (χ3n) is 4.71. The Labute approximate surface area is 166 Å². The average Bonchev–Trinajstić information content (AvgIpc) is 3.08. The first kappa shape index (κ1) is 22.4. The molecule has 1 aliphatic rings. The molecule has 0 aromatic carbocycles. The number of halogens is 2. The van der Waals surface area contributed by atoms with Crippen molar-refractivity contribution in [1.29, 1.82) is 0 Å². The number of fused-ring (bicyclic) bond motifs is 1. The van der Waals surface area contributed by atoms with Crippen molar-refractivity contribution in [3.05, 3.63) is 12.7 Å². The van der Waals surface area contributed by atoms with Gasteiger partial charge in [0.05, 0.1) is 12.9 Å². The van der Waals surface area contributed by atoms with Crippen LogP contribution in [0.25, 0.3) is 11.2 Å². The third kappa shape index (κ3) is 5.18. The van der Waals surface area contributed by atoms with Crippen LogP contribution < -0.4 is 10.2 Å². The van der Waals surface area contributed by atoms with E-state index in [-0.39, 0.29) is 30.7 Å². The molecular weight excluding hydrogens is 377 g/mol. The molecule has 0 saturated carbocycles. The molecule has 0 unspecified atom stereocenters. The summed E-state index contributed by atoms with van der Waals surface area (Å²) in [5.74, 6) is 1.58. The summed E-state index contributed by atoms with van der Waals surface area (Å²) < 4.78 is 0.